The van der Waals surface area contributed by atoms with Crippen molar-refractivity contribution in [1.82, 2.24) is 0 Å². The quantitative estimate of drug-likeness (QED) is 0.224. The normalized spacial score (nSPS) is 12.1. The molecule has 0 amide bonds. The second kappa shape index (κ2) is 16.0. The lowest BCUT2D eigenvalue weighted by Crippen LogP contribution is -2.39. The summed E-state index contributed by atoms with van der Waals surface area (Å²) in [6.45, 7) is 7.86. The lowest BCUT2D eigenvalue weighted by molar-refractivity contribution is -0.380. The average Bonchev–Trinajstić information content (AvgIpc) is 2.50. The molecule has 0 aromatic heterocycles. The van der Waals surface area contributed by atoms with Crippen LogP contribution in [0.3, 0.4) is 0 Å². The van der Waals surface area contributed by atoms with Crippen LogP contribution in [0.2, 0.25) is 6.04 Å². The van der Waals surface area contributed by atoms with Gasteiger partial charge in [-0.2, -0.15) is 0 Å². The van der Waals surface area contributed by atoms with Crippen molar-refractivity contribution < 1.29 is 14.2 Å². The van der Waals surface area contributed by atoms with Crippen molar-refractivity contribution in [1.29, 1.82) is 0 Å². The van der Waals surface area contributed by atoms with Gasteiger partial charge in [-0.05, 0) is 27.2 Å². The van der Waals surface area contributed by atoms with Crippen molar-refractivity contribution in [3.8, 4) is 0 Å². The Balaban J connectivity index is 3.70. The highest BCUT2D eigenvalue weighted by Crippen LogP contribution is 2.24. The molecule has 3 nitrogen and oxygen atoms in total. The van der Waals surface area contributed by atoms with Gasteiger partial charge < -0.3 is 14.2 Å². The van der Waals surface area contributed by atoms with Crippen LogP contribution in [0.15, 0.2) is 0 Å². The molecule has 0 atom stereocenters. The first-order chi connectivity index (χ1) is 10.7. The topological polar surface area (TPSA) is 27.7 Å². The van der Waals surface area contributed by atoms with Gasteiger partial charge in [-0.3, -0.25) is 0 Å². The fourth-order valence-corrected chi connectivity index (χ4v) is 3.33. The molecule has 0 aromatic carbocycles. The van der Waals surface area contributed by atoms with Crippen LogP contribution in [0.1, 0.15) is 85.0 Å². The van der Waals surface area contributed by atoms with Crippen LogP contribution in [0.5, 0.6) is 0 Å². The Morgan fingerprint density at radius 3 is 1.32 bits per heavy atom. The molecule has 0 radical (unpaired) electrons. The van der Waals surface area contributed by atoms with Gasteiger partial charge >= 0.3 is 0 Å². The maximum atomic E-state index is 5.75. The van der Waals surface area contributed by atoms with Gasteiger partial charge in [0, 0.05) is 36.5 Å². The van der Waals surface area contributed by atoms with Crippen molar-refractivity contribution >= 4 is 10.2 Å². The average molecular weight is 333 g/mol. The molecule has 0 aliphatic heterocycles. The molecule has 0 saturated carbocycles. The second-order valence-electron chi connectivity index (χ2n) is 5.91. The van der Waals surface area contributed by atoms with Crippen molar-refractivity contribution in [3.63, 3.8) is 0 Å². The minimum atomic E-state index is -0.804. The van der Waals surface area contributed by atoms with E-state index in [-0.39, 0.29) is 0 Å². The Hall–Kier alpha value is 0.0969. The summed E-state index contributed by atoms with van der Waals surface area (Å²) in [6, 6.07) is 1.47. The predicted octanol–water partition coefficient (Wildman–Crippen LogP) is 4.43. The predicted molar refractivity (Wildman–Crippen MR) is 98.5 cm³/mol. The molecule has 22 heavy (non-hydrogen) atoms. The van der Waals surface area contributed by atoms with Crippen LogP contribution in [0.25, 0.3) is 0 Å². The lowest BCUT2D eigenvalue weighted by atomic mass is 10.1. The highest BCUT2D eigenvalue weighted by molar-refractivity contribution is 6.08. The summed E-state index contributed by atoms with van der Waals surface area (Å²) in [4.78, 5) is 0. The number of rotatable bonds is 17. The van der Waals surface area contributed by atoms with E-state index in [1.54, 1.807) is 0 Å². The zero-order chi connectivity index (χ0) is 16.5. The zero-order valence-corrected chi connectivity index (χ0v) is 17.6. The van der Waals surface area contributed by atoms with Gasteiger partial charge in [-0.25, -0.2) is 0 Å². The van der Waals surface area contributed by atoms with E-state index in [0.29, 0.717) is 19.8 Å². The molecule has 0 aromatic rings. The van der Waals surface area contributed by atoms with Gasteiger partial charge in [0.2, 0.25) is 0 Å². The fraction of sp³-hybridized carbons (Fsp3) is 1.00. The molecule has 0 heterocycles. The van der Waals surface area contributed by atoms with E-state index in [0.717, 1.165) is 12.8 Å². The number of hydrogen-bond acceptors (Lipinski definition) is 3. The van der Waals surface area contributed by atoms with E-state index in [9.17, 15) is 0 Å². The summed E-state index contributed by atoms with van der Waals surface area (Å²) in [5.41, 5.74) is 0. The number of ether oxygens (including phenoxy) is 3. The summed E-state index contributed by atoms with van der Waals surface area (Å²) < 4.78 is 17.3. The van der Waals surface area contributed by atoms with Crippen molar-refractivity contribution in [2.24, 2.45) is 0 Å². The van der Waals surface area contributed by atoms with Crippen molar-refractivity contribution in [2.45, 2.75) is 97.0 Å². The first-order valence-corrected chi connectivity index (χ1v) is 11.1. The maximum Gasteiger partial charge on any atom is 0.282 e. The van der Waals surface area contributed by atoms with Gasteiger partial charge in [0.1, 0.15) is 0 Å². The minimum absolute atomic E-state index is 0.625. The van der Waals surface area contributed by atoms with Crippen LogP contribution in [0, 0.1) is 0 Å². The molecule has 0 saturated heterocycles. The highest BCUT2D eigenvalue weighted by Gasteiger charge is 2.31. The molecular weight excluding hydrogens is 292 g/mol. The molecule has 0 aliphatic rings. The van der Waals surface area contributed by atoms with E-state index in [4.69, 9.17) is 14.2 Å². The molecule has 0 aliphatic carbocycles. The number of hydrogen-bond donors (Lipinski definition) is 0. The SMILES string of the molecule is CCOC(CCCCCCCCCCC[SiH3])(OCC)OCC. The standard InChI is InChI=1S/C18H40O3Si/c1-4-19-18(20-5-2,21-6-3)16-14-12-10-8-7-9-11-13-15-17-22/h4-17H2,1-3,22H3. The summed E-state index contributed by atoms with van der Waals surface area (Å²) in [6.07, 6.45) is 13.0. The largest absolute Gasteiger partial charge is 0.328 e. The molecule has 0 bridgehead atoms. The third-order valence-corrected chi connectivity index (χ3v) is 4.64. The third kappa shape index (κ3) is 11.6. The van der Waals surface area contributed by atoms with Crippen LogP contribution in [-0.4, -0.2) is 36.0 Å². The van der Waals surface area contributed by atoms with Crippen molar-refractivity contribution in [2.75, 3.05) is 19.8 Å². The van der Waals surface area contributed by atoms with Gasteiger partial charge in [0.25, 0.3) is 5.97 Å². The highest BCUT2D eigenvalue weighted by atomic mass is 28.1. The molecule has 0 spiro atoms. The summed E-state index contributed by atoms with van der Waals surface area (Å²) in [7, 11) is 1.38. The van der Waals surface area contributed by atoms with Crippen LogP contribution >= 0.6 is 0 Å². The van der Waals surface area contributed by atoms with E-state index < -0.39 is 5.97 Å². The number of unbranched alkanes of at least 4 members (excludes halogenated alkanes) is 8. The summed E-state index contributed by atoms with van der Waals surface area (Å²) in [5.74, 6) is -0.804. The van der Waals surface area contributed by atoms with E-state index in [1.165, 1.54) is 67.7 Å². The Labute approximate surface area is 141 Å². The first kappa shape index (κ1) is 22.1. The maximum absolute atomic E-state index is 5.75. The van der Waals surface area contributed by atoms with Gasteiger partial charge in [0.15, 0.2) is 0 Å². The first-order valence-electron chi connectivity index (χ1n) is 9.66. The zero-order valence-electron chi connectivity index (χ0n) is 15.6. The molecule has 0 unspecified atom stereocenters. The van der Waals surface area contributed by atoms with E-state index in [2.05, 4.69) is 0 Å². The van der Waals surface area contributed by atoms with E-state index >= 15 is 0 Å². The fourth-order valence-electron chi connectivity index (χ4n) is 2.83. The molecule has 0 fully saturated rings. The third-order valence-electron chi connectivity index (χ3n) is 3.93. The summed E-state index contributed by atoms with van der Waals surface area (Å²) >= 11 is 0. The van der Waals surface area contributed by atoms with Crippen LogP contribution in [0.4, 0.5) is 0 Å². The van der Waals surface area contributed by atoms with Gasteiger partial charge in [0.05, 0.1) is 0 Å². The van der Waals surface area contributed by atoms with E-state index in [1.807, 2.05) is 20.8 Å². The Morgan fingerprint density at radius 1 is 0.591 bits per heavy atom. The van der Waals surface area contributed by atoms with Crippen molar-refractivity contribution in [3.05, 3.63) is 0 Å². The molecular formula is C18H40O3Si. The Kier molecular flexibility index (Phi) is 16.0. The lowest BCUT2D eigenvalue weighted by Gasteiger charge is -2.32. The monoisotopic (exact) mass is 332 g/mol. The summed E-state index contributed by atoms with van der Waals surface area (Å²) in [5, 5.41) is 0. The molecule has 4 heteroatoms. The second-order valence-corrected chi connectivity index (χ2v) is 6.91. The molecule has 0 rings (SSSR count). The minimum Gasteiger partial charge on any atom is -0.328 e. The molecule has 134 valence electrons. The molecule has 0 N–H and O–H groups in total. The van der Waals surface area contributed by atoms with Gasteiger partial charge in [-0.1, -0.05) is 57.4 Å². The van der Waals surface area contributed by atoms with Gasteiger partial charge in [-0.15, -0.1) is 0 Å². The Bertz CT molecular complexity index is 207. The van der Waals surface area contributed by atoms with Crippen LogP contribution < -0.4 is 0 Å². The Morgan fingerprint density at radius 2 is 0.955 bits per heavy atom. The smallest absolute Gasteiger partial charge is 0.282 e. The van der Waals surface area contributed by atoms with Crippen LogP contribution in [-0.2, 0) is 14.2 Å².